The van der Waals surface area contributed by atoms with Gasteiger partial charge in [0.2, 0.25) is 0 Å². The standard InChI is InChI=1S/C15H13F2NO3/c1-10(18-19)11-2-4-12(5-3-11)20-13-6-8-14(9-7-13)21-15(16)17/h2-10,15H,1H3. The number of ether oxygens (including phenoxy) is 2. The fraction of sp³-hybridized carbons (Fsp3) is 0.200. The highest BCUT2D eigenvalue weighted by Gasteiger charge is 2.06. The number of nitroso groups, excluding NO2 is 1. The third-order valence-electron chi connectivity index (χ3n) is 2.81. The Hall–Kier alpha value is -2.50. The van der Waals surface area contributed by atoms with E-state index in [4.69, 9.17) is 4.74 Å². The lowest BCUT2D eigenvalue weighted by Crippen LogP contribution is -2.01. The summed E-state index contributed by atoms with van der Waals surface area (Å²) in [5.74, 6) is 1.13. The first-order valence-corrected chi connectivity index (χ1v) is 6.23. The lowest BCUT2D eigenvalue weighted by atomic mass is 10.1. The topological polar surface area (TPSA) is 47.9 Å². The Bertz CT molecular complexity index is 585. The van der Waals surface area contributed by atoms with E-state index in [1.807, 2.05) is 0 Å². The van der Waals surface area contributed by atoms with Crippen LogP contribution in [-0.2, 0) is 0 Å². The summed E-state index contributed by atoms with van der Waals surface area (Å²) < 4.78 is 33.8. The van der Waals surface area contributed by atoms with Gasteiger partial charge in [0, 0.05) is 0 Å². The average Bonchev–Trinajstić information content (AvgIpc) is 2.49. The van der Waals surface area contributed by atoms with E-state index < -0.39 is 12.7 Å². The Kier molecular flexibility index (Phi) is 4.81. The summed E-state index contributed by atoms with van der Waals surface area (Å²) >= 11 is 0. The van der Waals surface area contributed by atoms with Gasteiger partial charge < -0.3 is 9.47 Å². The molecule has 0 saturated carbocycles. The van der Waals surface area contributed by atoms with Crippen LogP contribution in [0.4, 0.5) is 8.78 Å². The van der Waals surface area contributed by atoms with Gasteiger partial charge in [-0.3, -0.25) is 0 Å². The minimum absolute atomic E-state index is 0.0681. The van der Waals surface area contributed by atoms with Crippen LogP contribution < -0.4 is 9.47 Å². The van der Waals surface area contributed by atoms with Crippen LogP contribution in [-0.4, -0.2) is 6.61 Å². The lowest BCUT2D eigenvalue weighted by Gasteiger charge is -2.09. The molecule has 0 aliphatic heterocycles. The van der Waals surface area contributed by atoms with Crippen LogP contribution in [0.2, 0.25) is 0 Å². The number of benzene rings is 2. The van der Waals surface area contributed by atoms with Crippen molar-refractivity contribution in [2.75, 3.05) is 0 Å². The van der Waals surface area contributed by atoms with Crippen molar-refractivity contribution in [1.82, 2.24) is 0 Å². The molecule has 2 aromatic rings. The van der Waals surface area contributed by atoms with Crippen molar-refractivity contribution in [3.63, 3.8) is 0 Å². The summed E-state index contributed by atoms with van der Waals surface area (Å²) in [5.41, 5.74) is 0.790. The zero-order valence-corrected chi connectivity index (χ0v) is 11.2. The number of alkyl halides is 2. The maximum absolute atomic E-state index is 12.0. The lowest BCUT2D eigenvalue weighted by molar-refractivity contribution is -0.0498. The normalized spacial score (nSPS) is 12.0. The molecule has 0 aliphatic carbocycles. The van der Waals surface area contributed by atoms with Gasteiger partial charge in [0.25, 0.3) is 0 Å². The third-order valence-corrected chi connectivity index (χ3v) is 2.81. The predicted octanol–water partition coefficient (Wildman–Crippen LogP) is 4.91. The van der Waals surface area contributed by atoms with E-state index in [1.54, 1.807) is 31.2 Å². The molecule has 0 aromatic heterocycles. The van der Waals surface area contributed by atoms with Crippen molar-refractivity contribution in [2.45, 2.75) is 19.6 Å². The van der Waals surface area contributed by atoms with E-state index in [-0.39, 0.29) is 5.75 Å². The van der Waals surface area contributed by atoms with Crippen LogP contribution in [0.1, 0.15) is 18.5 Å². The van der Waals surface area contributed by atoms with Crippen LogP contribution in [0.25, 0.3) is 0 Å². The monoisotopic (exact) mass is 293 g/mol. The Morgan fingerprint density at radius 2 is 1.38 bits per heavy atom. The highest BCUT2D eigenvalue weighted by atomic mass is 19.3. The van der Waals surface area contributed by atoms with E-state index in [2.05, 4.69) is 9.91 Å². The molecular weight excluding hydrogens is 280 g/mol. The molecule has 0 spiro atoms. The summed E-state index contributed by atoms with van der Waals surface area (Å²) in [5, 5.41) is 2.94. The van der Waals surface area contributed by atoms with Crippen LogP contribution in [0.15, 0.2) is 53.7 Å². The number of halogens is 2. The van der Waals surface area contributed by atoms with Crippen LogP contribution in [0.5, 0.6) is 17.2 Å². The molecule has 0 aliphatic rings. The molecule has 0 fully saturated rings. The van der Waals surface area contributed by atoms with Gasteiger partial charge in [0.15, 0.2) is 0 Å². The Morgan fingerprint density at radius 3 is 1.86 bits per heavy atom. The molecule has 4 nitrogen and oxygen atoms in total. The maximum Gasteiger partial charge on any atom is 0.387 e. The van der Waals surface area contributed by atoms with Crippen molar-refractivity contribution in [1.29, 1.82) is 0 Å². The summed E-state index contributed by atoms with van der Waals surface area (Å²) in [7, 11) is 0. The molecular formula is C15H13F2NO3. The Morgan fingerprint density at radius 1 is 0.905 bits per heavy atom. The van der Waals surface area contributed by atoms with Crippen LogP contribution in [0, 0.1) is 4.91 Å². The predicted molar refractivity (Wildman–Crippen MR) is 73.8 cm³/mol. The van der Waals surface area contributed by atoms with E-state index in [0.29, 0.717) is 11.5 Å². The molecule has 0 amide bonds. The third kappa shape index (κ3) is 4.24. The maximum atomic E-state index is 12.0. The zero-order chi connectivity index (χ0) is 15.2. The quantitative estimate of drug-likeness (QED) is 0.711. The van der Waals surface area contributed by atoms with Crippen molar-refractivity contribution < 1.29 is 18.3 Å². The molecule has 2 rings (SSSR count). The van der Waals surface area contributed by atoms with Crippen molar-refractivity contribution in [3.05, 3.63) is 59.0 Å². The highest BCUT2D eigenvalue weighted by molar-refractivity contribution is 5.36. The molecule has 110 valence electrons. The summed E-state index contributed by atoms with van der Waals surface area (Å²) in [4.78, 5) is 10.4. The second kappa shape index (κ2) is 6.78. The number of nitrogens with zero attached hydrogens (tertiary/aromatic N) is 1. The molecule has 0 heterocycles. The second-order valence-electron chi connectivity index (χ2n) is 4.30. The minimum Gasteiger partial charge on any atom is -0.457 e. The van der Waals surface area contributed by atoms with E-state index in [1.165, 1.54) is 24.3 Å². The van der Waals surface area contributed by atoms with Gasteiger partial charge in [-0.25, -0.2) is 0 Å². The van der Waals surface area contributed by atoms with Crippen molar-refractivity contribution >= 4 is 0 Å². The van der Waals surface area contributed by atoms with E-state index in [9.17, 15) is 13.7 Å². The molecule has 0 N–H and O–H groups in total. The van der Waals surface area contributed by atoms with Gasteiger partial charge in [-0.1, -0.05) is 17.3 Å². The fourth-order valence-electron chi connectivity index (χ4n) is 1.70. The van der Waals surface area contributed by atoms with E-state index >= 15 is 0 Å². The number of hydrogen-bond donors (Lipinski definition) is 0. The first kappa shape index (κ1) is 14.9. The van der Waals surface area contributed by atoms with Crippen LogP contribution >= 0.6 is 0 Å². The SMILES string of the molecule is CC(N=O)c1ccc(Oc2ccc(OC(F)F)cc2)cc1. The second-order valence-corrected chi connectivity index (χ2v) is 4.30. The molecule has 0 bridgehead atoms. The first-order valence-electron chi connectivity index (χ1n) is 6.23. The van der Waals surface area contributed by atoms with E-state index in [0.717, 1.165) is 5.56 Å². The zero-order valence-electron chi connectivity index (χ0n) is 11.2. The highest BCUT2D eigenvalue weighted by Crippen LogP contribution is 2.26. The fourth-order valence-corrected chi connectivity index (χ4v) is 1.70. The Balaban J connectivity index is 2.02. The molecule has 0 saturated heterocycles. The smallest absolute Gasteiger partial charge is 0.387 e. The van der Waals surface area contributed by atoms with Gasteiger partial charge in [-0.05, 0) is 48.9 Å². The number of rotatable bonds is 6. The van der Waals surface area contributed by atoms with Gasteiger partial charge in [-0.2, -0.15) is 13.7 Å². The largest absolute Gasteiger partial charge is 0.457 e. The van der Waals surface area contributed by atoms with Crippen LogP contribution in [0.3, 0.4) is 0 Å². The molecule has 0 radical (unpaired) electrons. The van der Waals surface area contributed by atoms with Gasteiger partial charge in [-0.15, -0.1) is 0 Å². The first-order chi connectivity index (χ1) is 10.1. The minimum atomic E-state index is -2.85. The van der Waals surface area contributed by atoms with Crippen molar-refractivity contribution in [3.8, 4) is 17.2 Å². The van der Waals surface area contributed by atoms with Gasteiger partial charge in [0.1, 0.15) is 23.3 Å². The molecule has 21 heavy (non-hydrogen) atoms. The molecule has 1 unspecified atom stereocenters. The molecule has 2 aromatic carbocycles. The van der Waals surface area contributed by atoms with Gasteiger partial charge in [0.05, 0.1) is 0 Å². The summed E-state index contributed by atoms with van der Waals surface area (Å²) in [6.45, 7) is -1.15. The van der Waals surface area contributed by atoms with Gasteiger partial charge >= 0.3 is 6.61 Å². The number of hydrogen-bond acceptors (Lipinski definition) is 4. The summed E-state index contributed by atoms with van der Waals surface area (Å²) in [6.07, 6.45) is 0. The molecule has 6 heteroatoms. The molecule has 1 atom stereocenters. The Labute approximate surface area is 120 Å². The summed E-state index contributed by atoms with van der Waals surface area (Å²) in [6, 6.07) is 12.3. The average molecular weight is 293 g/mol. The van der Waals surface area contributed by atoms with Crippen molar-refractivity contribution in [2.24, 2.45) is 5.18 Å².